The number of nitrogens with one attached hydrogen (secondary N) is 1. The fourth-order valence-corrected chi connectivity index (χ4v) is 2.60. The Balaban J connectivity index is 2.00. The van der Waals surface area contributed by atoms with Gasteiger partial charge in [-0.1, -0.05) is 15.9 Å². The fraction of sp³-hybridized carbons (Fsp3) is 0.200. The molecule has 0 saturated carbocycles. The van der Waals surface area contributed by atoms with Gasteiger partial charge in [0.1, 0.15) is 0 Å². The molecule has 0 bridgehead atoms. The Labute approximate surface area is 130 Å². The summed E-state index contributed by atoms with van der Waals surface area (Å²) in [5, 5.41) is 23.8. The minimum atomic E-state index is -0.731. The first-order valence-corrected chi connectivity index (χ1v) is 7.18. The van der Waals surface area contributed by atoms with Crippen LogP contribution >= 0.6 is 15.9 Å². The standard InChI is InChI=1S/C15H15BrN2O3/c1-10-6-12(16)8-13(7-10)17-9-15(19)11-2-4-14(5-3-11)18(20)21/h2-8,15,17,19H,9H2,1H3. The summed E-state index contributed by atoms with van der Waals surface area (Å²) in [5.41, 5.74) is 2.67. The van der Waals surface area contributed by atoms with E-state index in [1.807, 2.05) is 25.1 Å². The summed E-state index contributed by atoms with van der Waals surface area (Å²) in [6.07, 6.45) is -0.731. The Kier molecular flexibility index (Phi) is 4.93. The number of hydrogen-bond donors (Lipinski definition) is 2. The molecule has 6 heteroatoms. The molecule has 1 unspecified atom stereocenters. The lowest BCUT2D eigenvalue weighted by atomic mass is 10.1. The van der Waals surface area contributed by atoms with E-state index >= 15 is 0 Å². The number of aryl methyl sites for hydroxylation is 1. The van der Waals surface area contributed by atoms with E-state index in [2.05, 4.69) is 21.2 Å². The highest BCUT2D eigenvalue weighted by molar-refractivity contribution is 9.10. The first-order chi connectivity index (χ1) is 9.95. The van der Waals surface area contributed by atoms with Gasteiger partial charge in [-0.3, -0.25) is 10.1 Å². The Morgan fingerprint density at radius 1 is 1.29 bits per heavy atom. The minimum Gasteiger partial charge on any atom is -0.387 e. The number of rotatable bonds is 5. The van der Waals surface area contributed by atoms with E-state index < -0.39 is 11.0 Å². The van der Waals surface area contributed by atoms with Gasteiger partial charge in [-0.2, -0.15) is 0 Å². The zero-order valence-electron chi connectivity index (χ0n) is 11.4. The molecule has 2 aromatic carbocycles. The van der Waals surface area contributed by atoms with Gasteiger partial charge >= 0.3 is 0 Å². The fourth-order valence-electron chi connectivity index (χ4n) is 1.99. The molecule has 2 aromatic rings. The zero-order chi connectivity index (χ0) is 15.4. The zero-order valence-corrected chi connectivity index (χ0v) is 13.0. The maximum absolute atomic E-state index is 10.6. The number of non-ortho nitro benzene ring substituents is 1. The van der Waals surface area contributed by atoms with Crippen molar-refractivity contribution in [1.82, 2.24) is 0 Å². The molecule has 110 valence electrons. The number of nitro benzene ring substituents is 1. The molecule has 0 saturated heterocycles. The van der Waals surface area contributed by atoms with Crippen molar-refractivity contribution in [3.8, 4) is 0 Å². The van der Waals surface area contributed by atoms with Crippen LogP contribution in [0.1, 0.15) is 17.2 Å². The molecular weight excluding hydrogens is 336 g/mol. The molecule has 0 radical (unpaired) electrons. The van der Waals surface area contributed by atoms with Crippen LogP contribution in [0.4, 0.5) is 11.4 Å². The van der Waals surface area contributed by atoms with E-state index in [-0.39, 0.29) is 5.69 Å². The predicted octanol–water partition coefficient (Wildman–Crippen LogP) is 3.81. The summed E-state index contributed by atoms with van der Waals surface area (Å²) in [6.45, 7) is 2.32. The van der Waals surface area contributed by atoms with Crippen LogP contribution < -0.4 is 5.32 Å². The second-order valence-corrected chi connectivity index (χ2v) is 5.68. The van der Waals surface area contributed by atoms with Crippen LogP contribution in [0.3, 0.4) is 0 Å². The number of anilines is 1. The molecule has 0 fully saturated rings. The van der Waals surface area contributed by atoms with Crippen molar-refractivity contribution >= 4 is 27.3 Å². The van der Waals surface area contributed by atoms with Crippen molar-refractivity contribution in [3.63, 3.8) is 0 Å². The molecule has 5 nitrogen and oxygen atoms in total. The monoisotopic (exact) mass is 350 g/mol. The summed E-state index contributed by atoms with van der Waals surface area (Å²) in [7, 11) is 0. The van der Waals surface area contributed by atoms with E-state index in [1.165, 1.54) is 12.1 Å². The molecule has 0 heterocycles. The topological polar surface area (TPSA) is 75.4 Å². The Hall–Kier alpha value is -1.92. The normalized spacial score (nSPS) is 12.0. The molecule has 2 rings (SSSR count). The van der Waals surface area contributed by atoms with Gasteiger partial charge in [0, 0.05) is 28.8 Å². The highest BCUT2D eigenvalue weighted by Gasteiger charge is 2.10. The summed E-state index contributed by atoms with van der Waals surface area (Å²) < 4.78 is 0.967. The number of halogens is 1. The SMILES string of the molecule is Cc1cc(Br)cc(NCC(O)c2ccc([N+](=O)[O-])cc2)c1. The van der Waals surface area contributed by atoms with Crippen LogP contribution in [0.5, 0.6) is 0 Å². The van der Waals surface area contributed by atoms with E-state index in [1.54, 1.807) is 12.1 Å². The molecule has 0 amide bonds. The molecule has 0 aliphatic heterocycles. The number of nitro groups is 1. The van der Waals surface area contributed by atoms with Gasteiger partial charge in [0.25, 0.3) is 5.69 Å². The van der Waals surface area contributed by atoms with Crippen molar-refractivity contribution < 1.29 is 10.0 Å². The van der Waals surface area contributed by atoms with E-state index in [0.29, 0.717) is 12.1 Å². The van der Waals surface area contributed by atoms with Crippen molar-refractivity contribution in [3.05, 3.63) is 68.2 Å². The molecule has 0 aliphatic carbocycles. The number of nitrogens with zero attached hydrogens (tertiary/aromatic N) is 1. The molecule has 0 spiro atoms. The number of aliphatic hydroxyl groups is 1. The van der Waals surface area contributed by atoms with Crippen molar-refractivity contribution in [2.24, 2.45) is 0 Å². The van der Waals surface area contributed by atoms with E-state index in [9.17, 15) is 15.2 Å². The molecule has 0 aliphatic rings. The largest absolute Gasteiger partial charge is 0.387 e. The average molecular weight is 351 g/mol. The number of aliphatic hydroxyl groups excluding tert-OH is 1. The van der Waals surface area contributed by atoms with Gasteiger partial charge in [0.05, 0.1) is 11.0 Å². The van der Waals surface area contributed by atoms with Crippen LogP contribution in [0.15, 0.2) is 46.9 Å². The molecule has 0 aromatic heterocycles. The lowest BCUT2D eigenvalue weighted by Crippen LogP contribution is -2.12. The van der Waals surface area contributed by atoms with E-state index in [0.717, 1.165) is 15.7 Å². The second-order valence-electron chi connectivity index (χ2n) is 4.76. The van der Waals surface area contributed by atoms with Crippen molar-refractivity contribution in [1.29, 1.82) is 0 Å². The maximum Gasteiger partial charge on any atom is 0.269 e. The van der Waals surface area contributed by atoms with Crippen LogP contribution in [-0.4, -0.2) is 16.6 Å². The average Bonchev–Trinajstić information content (AvgIpc) is 2.44. The maximum atomic E-state index is 10.6. The van der Waals surface area contributed by atoms with Crippen molar-refractivity contribution in [2.45, 2.75) is 13.0 Å². The summed E-state index contributed by atoms with van der Waals surface area (Å²) in [5.74, 6) is 0. The Morgan fingerprint density at radius 2 is 1.95 bits per heavy atom. The Morgan fingerprint density at radius 3 is 2.52 bits per heavy atom. The van der Waals surface area contributed by atoms with Gasteiger partial charge in [-0.25, -0.2) is 0 Å². The predicted molar refractivity (Wildman–Crippen MR) is 85.4 cm³/mol. The first-order valence-electron chi connectivity index (χ1n) is 6.39. The molecule has 2 N–H and O–H groups in total. The lowest BCUT2D eigenvalue weighted by Gasteiger charge is -2.14. The van der Waals surface area contributed by atoms with Crippen LogP contribution in [0.2, 0.25) is 0 Å². The lowest BCUT2D eigenvalue weighted by molar-refractivity contribution is -0.384. The van der Waals surface area contributed by atoms with Crippen LogP contribution in [-0.2, 0) is 0 Å². The van der Waals surface area contributed by atoms with Crippen LogP contribution in [0, 0.1) is 17.0 Å². The van der Waals surface area contributed by atoms with Gasteiger partial charge in [0.15, 0.2) is 0 Å². The third kappa shape index (κ3) is 4.27. The van der Waals surface area contributed by atoms with Crippen molar-refractivity contribution in [2.75, 3.05) is 11.9 Å². The summed E-state index contributed by atoms with van der Waals surface area (Å²) in [6, 6.07) is 11.8. The van der Waals surface area contributed by atoms with Crippen LogP contribution in [0.25, 0.3) is 0 Å². The quantitative estimate of drug-likeness (QED) is 0.634. The Bertz CT molecular complexity index is 624. The summed E-state index contributed by atoms with van der Waals surface area (Å²) >= 11 is 3.42. The van der Waals surface area contributed by atoms with E-state index in [4.69, 9.17) is 0 Å². The third-order valence-electron chi connectivity index (χ3n) is 3.03. The highest BCUT2D eigenvalue weighted by atomic mass is 79.9. The highest BCUT2D eigenvalue weighted by Crippen LogP contribution is 2.21. The molecule has 1 atom stereocenters. The number of hydrogen-bond acceptors (Lipinski definition) is 4. The number of benzene rings is 2. The minimum absolute atomic E-state index is 0.0153. The van der Waals surface area contributed by atoms with Gasteiger partial charge in [-0.05, 0) is 48.4 Å². The smallest absolute Gasteiger partial charge is 0.269 e. The second kappa shape index (κ2) is 6.69. The van der Waals surface area contributed by atoms with Gasteiger partial charge < -0.3 is 10.4 Å². The summed E-state index contributed by atoms with van der Waals surface area (Å²) in [4.78, 5) is 10.1. The first kappa shape index (κ1) is 15.5. The van der Waals surface area contributed by atoms with Gasteiger partial charge in [0.2, 0.25) is 0 Å². The molecule has 21 heavy (non-hydrogen) atoms. The molecular formula is C15H15BrN2O3. The third-order valence-corrected chi connectivity index (χ3v) is 3.49. The van der Waals surface area contributed by atoms with Gasteiger partial charge in [-0.15, -0.1) is 0 Å².